The SMILES string of the molecule is CC[C@H](C)[C@H](NC(=O)[C@H](CS)NC(=O)[C@@H](NC(=O)[C@@H](NC(=O)[C@@H](N)CC(=O)O)[C@@H](C)O)[C@@H](C)O)C(=O)O. The Morgan fingerprint density at radius 3 is 1.57 bits per heavy atom. The van der Waals surface area contributed by atoms with Crippen LogP contribution in [0.1, 0.15) is 40.5 Å². The predicted octanol–water partition coefficient (Wildman–Crippen LogP) is -3.45. The van der Waals surface area contributed by atoms with Crippen molar-refractivity contribution in [3.63, 3.8) is 0 Å². The Bertz CT molecular complexity index is 841. The Morgan fingerprint density at radius 1 is 0.757 bits per heavy atom. The lowest BCUT2D eigenvalue weighted by atomic mass is 9.99. The fourth-order valence-electron chi connectivity index (χ4n) is 2.99. The van der Waals surface area contributed by atoms with Crippen molar-refractivity contribution in [2.24, 2.45) is 11.7 Å². The van der Waals surface area contributed by atoms with Gasteiger partial charge in [-0.05, 0) is 19.8 Å². The van der Waals surface area contributed by atoms with Crippen molar-refractivity contribution in [3.05, 3.63) is 0 Å². The Morgan fingerprint density at radius 2 is 1.19 bits per heavy atom. The molecule has 4 amide bonds. The number of carboxylic acid groups (broad SMARTS) is 2. The monoisotopic (exact) mass is 551 g/mol. The van der Waals surface area contributed by atoms with Crippen LogP contribution in [0.3, 0.4) is 0 Å². The first kappa shape index (κ1) is 34.0. The lowest BCUT2D eigenvalue weighted by Crippen LogP contribution is -2.62. The van der Waals surface area contributed by atoms with Crippen LogP contribution in [0.4, 0.5) is 0 Å². The number of thiol groups is 1. The van der Waals surface area contributed by atoms with E-state index >= 15 is 0 Å². The minimum absolute atomic E-state index is 0.251. The van der Waals surface area contributed by atoms with Crippen LogP contribution in [0.2, 0.25) is 0 Å². The van der Waals surface area contributed by atoms with Crippen LogP contribution >= 0.6 is 12.6 Å². The fourth-order valence-corrected chi connectivity index (χ4v) is 3.24. The third-order valence-corrected chi connectivity index (χ3v) is 5.81. The van der Waals surface area contributed by atoms with Crippen molar-refractivity contribution in [1.82, 2.24) is 21.3 Å². The Balaban J connectivity index is 5.52. The molecule has 0 aliphatic rings. The molecule has 0 aliphatic carbocycles. The molecule has 0 aromatic carbocycles. The number of rotatable bonds is 16. The summed E-state index contributed by atoms with van der Waals surface area (Å²) >= 11 is 4.00. The summed E-state index contributed by atoms with van der Waals surface area (Å²) in [6, 6.07) is -7.43. The number of amides is 4. The lowest BCUT2D eigenvalue weighted by molar-refractivity contribution is -0.144. The normalized spacial score (nSPS) is 17.5. The average molecular weight is 552 g/mol. The molecule has 16 heteroatoms. The Labute approximate surface area is 219 Å². The molecule has 10 N–H and O–H groups in total. The van der Waals surface area contributed by atoms with Gasteiger partial charge in [-0.15, -0.1) is 0 Å². The second-order valence-electron chi connectivity index (χ2n) is 8.61. The maximum Gasteiger partial charge on any atom is 0.326 e. The van der Waals surface area contributed by atoms with Crippen molar-refractivity contribution < 1.29 is 49.2 Å². The zero-order valence-electron chi connectivity index (χ0n) is 21.0. The second kappa shape index (κ2) is 16.0. The van der Waals surface area contributed by atoms with Crippen LogP contribution in [-0.2, 0) is 28.8 Å². The van der Waals surface area contributed by atoms with E-state index < -0.39 is 90.3 Å². The van der Waals surface area contributed by atoms with Gasteiger partial charge in [0.1, 0.15) is 24.2 Å². The smallest absolute Gasteiger partial charge is 0.326 e. The van der Waals surface area contributed by atoms with Crippen molar-refractivity contribution in [2.75, 3.05) is 5.75 Å². The van der Waals surface area contributed by atoms with Gasteiger partial charge in [0.25, 0.3) is 0 Å². The van der Waals surface area contributed by atoms with Gasteiger partial charge in [-0.3, -0.25) is 24.0 Å². The second-order valence-corrected chi connectivity index (χ2v) is 8.98. The molecule has 0 bridgehead atoms. The largest absolute Gasteiger partial charge is 0.481 e. The number of carbonyl (C=O) groups excluding carboxylic acids is 4. The Hall–Kier alpha value is -2.95. The zero-order valence-corrected chi connectivity index (χ0v) is 21.9. The number of hydrogen-bond donors (Lipinski definition) is 10. The number of aliphatic hydroxyl groups is 2. The van der Waals surface area contributed by atoms with Gasteiger partial charge in [-0.2, -0.15) is 12.6 Å². The highest BCUT2D eigenvalue weighted by Crippen LogP contribution is 2.09. The van der Waals surface area contributed by atoms with E-state index in [0.717, 1.165) is 13.8 Å². The number of nitrogens with two attached hydrogens (primary N) is 1. The summed E-state index contributed by atoms with van der Waals surface area (Å²) in [5.41, 5.74) is 5.45. The number of aliphatic hydroxyl groups excluding tert-OH is 2. The quantitative estimate of drug-likeness (QED) is 0.0843. The first-order valence-electron chi connectivity index (χ1n) is 11.5. The third-order valence-electron chi connectivity index (χ3n) is 5.45. The summed E-state index contributed by atoms with van der Waals surface area (Å²) < 4.78 is 0. The van der Waals surface area contributed by atoms with Gasteiger partial charge in [0.2, 0.25) is 23.6 Å². The molecule has 0 aliphatic heterocycles. The number of nitrogens with one attached hydrogen (secondary N) is 4. The van der Waals surface area contributed by atoms with Crippen LogP contribution in [-0.4, -0.2) is 104 Å². The van der Waals surface area contributed by atoms with Crippen LogP contribution in [0.25, 0.3) is 0 Å². The molecule has 0 heterocycles. The van der Waals surface area contributed by atoms with Gasteiger partial charge in [0.15, 0.2) is 0 Å². The van der Waals surface area contributed by atoms with Gasteiger partial charge in [-0.25, -0.2) is 4.79 Å². The summed E-state index contributed by atoms with van der Waals surface area (Å²) in [6.45, 7) is 5.66. The third kappa shape index (κ3) is 11.3. The first-order chi connectivity index (χ1) is 17.1. The molecule has 0 unspecified atom stereocenters. The molecule has 37 heavy (non-hydrogen) atoms. The molecule has 0 saturated carbocycles. The highest BCUT2D eigenvalue weighted by Gasteiger charge is 2.35. The van der Waals surface area contributed by atoms with E-state index in [-0.39, 0.29) is 5.75 Å². The zero-order chi connectivity index (χ0) is 29.0. The minimum Gasteiger partial charge on any atom is -0.481 e. The molecule has 0 spiro atoms. The van der Waals surface area contributed by atoms with E-state index in [0.29, 0.717) is 6.42 Å². The van der Waals surface area contributed by atoms with E-state index in [1.165, 1.54) is 0 Å². The molecule has 0 aromatic heterocycles. The van der Waals surface area contributed by atoms with Gasteiger partial charge >= 0.3 is 11.9 Å². The van der Waals surface area contributed by atoms with Crippen LogP contribution in [0.5, 0.6) is 0 Å². The number of hydrogen-bond acceptors (Lipinski definition) is 10. The molecule has 8 atom stereocenters. The minimum atomic E-state index is -1.67. The summed E-state index contributed by atoms with van der Waals surface area (Å²) in [5.74, 6) is -7.36. The molecule has 15 nitrogen and oxygen atoms in total. The standard InChI is InChI=1S/C21H37N5O10S/c1-5-8(2)14(21(35)36)24-18(32)12(7-37)23-19(33)15(9(3)27)26-20(34)16(10(4)28)25-17(31)11(22)6-13(29)30/h8-12,14-16,27-28,37H,5-7,22H2,1-4H3,(H,23,33)(H,24,32)(H,25,31)(H,26,34)(H,29,30)(H,35,36)/t8-,9+,10+,11-,12-,14-,15-,16-/m0/s1. The molecule has 0 aromatic rings. The average Bonchev–Trinajstić information content (AvgIpc) is 2.80. The topological polar surface area (TPSA) is 257 Å². The highest BCUT2D eigenvalue weighted by atomic mass is 32.1. The van der Waals surface area contributed by atoms with Gasteiger partial charge < -0.3 is 47.4 Å². The van der Waals surface area contributed by atoms with E-state index in [1.807, 2.05) is 0 Å². The first-order valence-corrected chi connectivity index (χ1v) is 12.1. The van der Waals surface area contributed by atoms with Crippen LogP contribution in [0.15, 0.2) is 0 Å². The highest BCUT2D eigenvalue weighted by molar-refractivity contribution is 7.80. The lowest BCUT2D eigenvalue weighted by Gasteiger charge is -2.28. The number of carboxylic acids is 2. The summed E-state index contributed by atoms with van der Waals surface area (Å²) in [5, 5.41) is 46.9. The Kier molecular flexibility index (Phi) is 14.7. The molecular formula is C21H37N5O10S. The van der Waals surface area contributed by atoms with Crippen molar-refractivity contribution in [3.8, 4) is 0 Å². The predicted molar refractivity (Wildman–Crippen MR) is 132 cm³/mol. The van der Waals surface area contributed by atoms with Crippen LogP contribution in [0, 0.1) is 5.92 Å². The maximum absolute atomic E-state index is 12.8. The maximum atomic E-state index is 12.8. The summed E-state index contributed by atoms with van der Waals surface area (Å²) in [6.07, 6.45) is -3.32. The fraction of sp³-hybridized carbons (Fsp3) is 0.714. The van der Waals surface area contributed by atoms with Gasteiger partial charge in [0.05, 0.1) is 24.7 Å². The van der Waals surface area contributed by atoms with E-state index in [1.54, 1.807) is 13.8 Å². The van der Waals surface area contributed by atoms with Crippen molar-refractivity contribution in [1.29, 1.82) is 0 Å². The van der Waals surface area contributed by atoms with Gasteiger partial charge in [-0.1, -0.05) is 20.3 Å². The molecule has 0 rings (SSSR count). The summed E-state index contributed by atoms with van der Waals surface area (Å²) in [4.78, 5) is 72.4. The molecule has 0 fully saturated rings. The molecule has 212 valence electrons. The van der Waals surface area contributed by atoms with Crippen LogP contribution < -0.4 is 27.0 Å². The van der Waals surface area contributed by atoms with E-state index in [2.05, 4.69) is 33.9 Å². The summed E-state index contributed by atoms with van der Waals surface area (Å²) in [7, 11) is 0. The molecule has 0 radical (unpaired) electrons. The van der Waals surface area contributed by atoms with Crippen molar-refractivity contribution >= 4 is 48.2 Å². The molecule has 0 saturated heterocycles. The van der Waals surface area contributed by atoms with E-state index in [4.69, 9.17) is 10.8 Å². The van der Waals surface area contributed by atoms with Crippen molar-refractivity contribution in [2.45, 2.75) is 83.0 Å². The number of aliphatic carboxylic acids is 2. The van der Waals surface area contributed by atoms with Gasteiger partial charge in [0, 0.05) is 5.75 Å². The number of carbonyl (C=O) groups is 6. The molecular weight excluding hydrogens is 514 g/mol. The van der Waals surface area contributed by atoms with E-state index in [9.17, 15) is 44.1 Å².